The molecular weight excluding hydrogens is 426 g/mol. The number of nitrogens with zero attached hydrogens (tertiary/aromatic N) is 2. The molecule has 0 fully saturated rings. The number of ketones is 1. The molecule has 0 unspecified atom stereocenters. The van der Waals surface area contributed by atoms with Crippen LogP contribution >= 0.6 is 0 Å². The standard InChI is InChI=1S/C28H37N3O3/c1-6-23(32)14-8-7-9-15-24(30-27(33)28(2,3)31(4)5)26-29-19-25(34-26)22-17-16-20-12-10-11-13-21(20)18-22/h10-13,16-19,24H,6-9,14-15H2,1-5H3,(H,30,33)/t24-/m0/s1. The van der Waals surface area contributed by atoms with Crippen molar-refractivity contribution in [2.45, 2.75) is 70.9 Å². The topological polar surface area (TPSA) is 75.4 Å². The van der Waals surface area contributed by atoms with E-state index in [1.807, 2.05) is 58.0 Å². The SMILES string of the molecule is CCC(=O)CCCCC[C@H](NC(=O)C(C)(C)N(C)C)c1ncc(-c2ccc3ccccc3c2)o1. The van der Waals surface area contributed by atoms with Gasteiger partial charge in [-0.1, -0.05) is 56.2 Å². The van der Waals surface area contributed by atoms with Gasteiger partial charge in [0.2, 0.25) is 11.8 Å². The van der Waals surface area contributed by atoms with Crippen LogP contribution in [0.15, 0.2) is 53.1 Å². The molecule has 182 valence electrons. The lowest BCUT2D eigenvalue weighted by atomic mass is 10.0. The molecule has 0 radical (unpaired) electrons. The highest BCUT2D eigenvalue weighted by Gasteiger charge is 2.32. The highest BCUT2D eigenvalue weighted by molar-refractivity contribution is 5.87. The van der Waals surface area contributed by atoms with Gasteiger partial charge >= 0.3 is 0 Å². The van der Waals surface area contributed by atoms with E-state index in [2.05, 4.69) is 34.6 Å². The molecule has 1 amide bonds. The number of rotatable bonds is 12. The second-order valence-electron chi connectivity index (χ2n) is 9.60. The molecule has 0 saturated heterocycles. The summed E-state index contributed by atoms with van der Waals surface area (Å²) in [5, 5.41) is 5.46. The zero-order valence-corrected chi connectivity index (χ0v) is 21.1. The fraction of sp³-hybridized carbons (Fsp3) is 0.464. The Morgan fingerprint density at radius 3 is 2.50 bits per heavy atom. The molecule has 3 aromatic rings. The lowest BCUT2D eigenvalue weighted by molar-refractivity contribution is -0.131. The molecule has 1 atom stereocenters. The van der Waals surface area contributed by atoms with Crippen molar-refractivity contribution < 1.29 is 14.0 Å². The molecular formula is C28H37N3O3. The van der Waals surface area contributed by atoms with Crippen LogP contribution in [0.4, 0.5) is 0 Å². The number of amides is 1. The second kappa shape index (κ2) is 11.4. The van der Waals surface area contributed by atoms with Crippen LogP contribution in [-0.4, -0.2) is 41.2 Å². The Morgan fingerprint density at radius 1 is 1.06 bits per heavy atom. The van der Waals surface area contributed by atoms with Gasteiger partial charge in [-0.3, -0.25) is 14.5 Å². The molecule has 2 aromatic carbocycles. The van der Waals surface area contributed by atoms with E-state index in [1.54, 1.807) is 6.20 Å². The summed E-state index contributed by atoms with van der Waals surface area (Å²) in [6, 6.07) is 14.1. The van der Waals surface area contributed by atoms with Crippen LogP contribution < -0.4 is 5.32 Å². The van der Waals surface area contributed by atoms with Crippen LogP contribution in [0.5, 0.6) is 0 Å². The minimum Gasteiger partial charge on any atom is -0.438 e. The Labute approximate surface area is 202 Å². The number of nitrogens with one attached hydrogen (secondary N) is 1. The predicted molar refractivity (Wildman–Crippen MR) is 136 cm³/mol. The van der Waals surface area contributed by atoms with Gasteiger partial charge in [0.05, 0.1) is 11.7 Å². The molecule has 0 aliphatic heterocycles. The summed E-state index contributed by atoms with van der Waals surface area (Å²) in [7, 11) is 3.78. The second-order valence-corrected chi connectivity index (χ2v) is 9.60. The lowest BCUT2D eigenvalue weighted by Gasteiger charge is -2.32. The van der Waals surface area contributed by atoms with Crippen LogP contribution in [0.1, 0.15) is 71.2 Å². The average molecular weight is 464 g/mol. The van der Waals surface area contributed by atoms with Gasteiger partial charge in [0.25, 0.3) is 0 Å². The summed E-state index contributed by atoms with van der Waals surface area (Å²) in [6.45, 7) is 5.69. The maximum atomic E-state index is 13.1. The Balaban J connectivity index is 1.77. The van der Waals surface area contributed by atoms with Crippen molar-refractivity contribution in [1.29, 1.82) is 0 Å². The minimum atomic E-state index is -0.667. The molecule has 0 spiro atoms. The summed E-state index contributed by atoms with van der Waals surface area (Å²) >= 11 is 0. The van der Waals surface area contributed by atoms with Crippen molar-refractivity contribution in [2.75, 3.05) is 14.1 Å². The van der Waals surface area contributed by atoms with Gasteiger partial charge in [-0.05, 0) is 57.6 Å². The zero-order chi connectivity index (χ0) is 24.7. The Morgan fingerprint density at radius 2 is 1.79 bits per heavy atom. The van der Waals surface area contributed by atoms with E-state index >= 15 is 0 Å². The zero-order valence-electron chi connectivity index (χ0n) is 21.1. The molecule has 3 rings (SSSR count). The summed E-state index contributed by atoms with van der Waals surface area (Å²) < 4.78 is 6.17. The van der Waals surface area contributed by atoms with Gasteiger partial charge in [0.15, 0.2) is 5.76 Å². The third kappa shape index (κ3) is 6.32. The molecule has 34 heavy (non-hydrogen) atoms. The number of likely N-dealkylation sites (N-methyl/N-ethyl adjacent to an activating group) is 1. The smallest absolute Gasteiger partial charge is 0.240 e. The van der Waals surface area contributed by atoms with Gasteiger partial charge < -0.3 is 9.73 Å². The Kier molecular flexibility index (Phi) is 8.61. The fourth-order valence-corrected chi connectivity index (χ4v) is 3.74. The number of Topliss-reactive ketones (excluding diaryl/α,β-unsaturated/α-hetero) is 1. The van der Waals surface area contributed by atoms with Crippen LogP contribution in [0.25, 0.3) is 22.1 Å². The first-order chi connectivity index (χ1) is 16.2. The van der Waals surface area contributed by atoms with Crippen molar-refractivity contribution in [3.63, 3.8) is 0 Å². The number of hydrogen-bond donors (Lipinski definition) is 1. The van der Waals surface area contributed by atoms with Crippen LogP contribution in [0.2, 0.25) is 0 Å². The van der Waals surface area contributed by atoms with E-state index in [4.69, 9.17) is 4.42 Å². The number of hydrogen-bond acceptors (Lipinski definition) is 5. The molecule has 1 N–H and O–H groups in total. The van der Waals surface area contributed by atoms with Crippen molar-refractivity contribution in [3.05, 3.63) is 54.6 Å². The maximum absolute atomic E-state index is 13.1. The summed E-state index contributed by atoms with van der Waals surface area (Å²) in [5.74, 6) is 1.41. The fourth-order valence-electron chi connectivity index (χ4n) is 3.74. The van der Waals surface area contributed by atoms with Gasteiger partial charge in [-0.25, -0.2) is 4.98 Å². The van der Waals surface area contributed by atoms with E-state index in [-0.39, 0.29) is 11.9 Å². The monoisotopic (exact) mass is 463 g/mol. The Bertz CT molecular complexity index is 1120. The first kappa shape index (κ1) is 25.6. The van der Waals surface area contributed by atoms with Crippen LogP contribution in [0.3, 0.4) is 0 Å². The van der Waals surface area contributed by atoms with Gasteiger partial charge in [-0.2, -0.15) is 0 Å². The first-order valence-corrected chi connectivity index (χ1v) is 12.2. The summed E-state index contributed by atoms with van der Waals surface area (Å²) in [5.41, 5.74) is 0.286. The molecule has 0 bridgehead atoms. The van der Waals surface area contributed by atoms with E-state index in [0.717, 1.165) is 30.2 Å². The van der Waals surface area contributed by atoms with Crippen LogP contribution in [0, 0.1) is 0 Å². The normalized spacial score (nSPS) is 12.8. The lowest BCUT2D eigenvalue weighted by Crippen LogP contribution is -2.52. The highest BCUT2D eigenvalue weighted by Crippen LogP contribution is 2.29. The van der Waals surface area contributed by atoms with Crippen molar-refractivity contribution in [1.82, 2.24) is 15.2 Å². The quantitative estimate of drug-likeness (QED) is 0.337. The molecule has 1 heterocycles. The predicted octanol–water partition coefficient (Wildman–Crippen LogP) is 5.92. The molecule has 6 nitrogen and oxygen atoms in total. The molecule has 0 saturated carbocycles. The van der Waals surface area contributed by atoms with E-state index in [0.29, 0.717) is 36.7 Å². The number of benzene rings is 2. The largest absolute Gasteiger partial charge is 0.438 e. The third-order valence-corrected chi connectivity index (χ3v) is 6.68. The highest BCUT2D eigenvalue weighted by atomic mass is 16.4. The van der Waals surface area contributed by atoms with Gasteiger partial charge in [0.1, 0.15) is 11.8 Å². The first-order valence-electron chi connectivity index (χ1n) is 12.2. The third-order valence-electron chi connectivity index (χ3n) is 6.68. The Hall–Kier alpha value is -2.99. The number of oxazole rings is 1. The van der Waals surface area contributed by atoms with E-state index < -0.39 is 5.54 Å². The summed E-state index contributed by atoms with van der Waals surface area (Å²) in [4.78, 5) is 31.1. The number of aromatic nitrogens is 1. The van der Waals surface area contributed by atoms with Crippen molar-refractivity contribution in [3.8, 4) is 11.3 Å². The maximum Gasteiger partial charge on any atom is 0.240 e. The number of carbonyl (C=O) groups excluding carboxylic acids is 2. The van der Waals surface area contributed by atoms with Gasteiger partial charge in [-0.15, -0.1) is 0 Å². The average Bonchev–Trinajstić information content (AvgIpc) is 3.32. The van der Waals surface area contributed by atoms with Crippen molar-refractivity contribution in [2.24, 2.45) is 0 Å². The van der Waals surface area contributed by atoms with E-state index in [1.165, 1.54) is 5.39 Å². The molecule has 0 aliphatic carbocycles. The van der Waals surface area contributed by atoms with Gasteiger partial charge in [0, 0.05) is 18.4 Å². The summed E-state index contributed by atoms with van der Waals surface area (Å²) in [6.07, 6.45) is 6.30. The van der Waals surface area contributed by atoms with Crippen molar-refractivity contribution >= 4 is 22.5 Å². The number of fused-ring (bicyclic) bond motifs is 1. The van der Waals surface area contributed by atoms with Crippen LogP contribution in [-0.2, 0) is 9.59 Å². The minimum absolute atomic E-state index is 0.0749. The number of carbonyl (C=O) groups is 2. The van der Waals surface area contributed by atoms with E-state index in [9.17, 15) is 9.59 Å². The molecule has 6 heteroatoms. The molecule has 1 aromatic heterocycles. The molecule has 0 aliphatic rings. The number of unbranched alkanes of at least 4 members (excludes halogenated alkanes) is 2.